The van der Waals surface area contributed by atoms with Crippen LogP contribution in [0.15, 0.2) is 0 Å². The molecule has 10 heavy (non-hydrogen) atoms. The molecule has 2 nitrogen and oxygen atoms in total. The summed E-state index contributed by atoms with van der Waals surface area (Å²) in [6.45, 7) is 3.99. The Bertz CT molecular complexity index is 116. The van der Waals surface area contributed by atoms with Crippen LogP contribution in [0.3, 0.4) is 0 Å². The molecular weight excluding hydrogens is 124 g/mol. The Morgan fingerprint density at radius 3 is 2.30 bits per heavy atom. The summed E-state index contributed by atoms with van der Waals surface area (Å²) < 4.78 is 0. The molecule has 3 aliphatic heterocycles. The summed E-state index contributed by atoms with van der Waals surface area (Å²) in [4.78, 5) is 2.57. The van der Waals surface area contributed by atoms with Crippen LogP contribution in [0.1, 0.15) is 12.8 Å². The number of piperidine rings is 3. The first-order valence-corrected chi connectivity index (χ1v) is 4.30. The maximum absolute atomic E-state index is 3.39. The standard InChI is InChI=1S/C8H16N2/c1-9-8-6-10-4-2-7(8)3-5-10/h7-9H,2-6H2,1H3/t8-/m1/s1. The van der Waals surface area contributed by atoms with Crippen molar-refractivity contribution in [2.24, 2.45) is 5.92 Å². The second-order valence-electron chi connectivity index (χ2n) is 3.53. The lowest BCUT2D eigenvalue weighted by atomic mass is 9.84. The lowest BCUT2D eigenvalue weighted by Crippen LogP contribution is -2.55. The molecule has 1 N–H and O–H groups in total. The highest BCUT2D eigenvalue weighted by Crippen LogP contribution is 2.26. The third kappa shape index (κ3) is 0.956. The van der Waals surface area contributed by atoms with Crippen molar-refractivity contribution >= 4 is 0 Å². The second-order valence-corrected chi connectivity index (χ2v) is 3.53. The quantitative estimate of drug-likeness (QED) is 0.563. The van der Waals surface area contributed by atoms with Crippen LogP contribution < -0.4 is 5.32 Å². The van der Waals surface area contributed by atoms with Crippen LogP contribution in [0.25, 0.3) is 0 Å². The van der Waals surface area contributed by atoms with Gasteiger partial charge in [-0.05, 0) is 38.9 Å². The number of hydrogen-bond donors (Lipinski definition) is 1. The van der Waals surface area contributed by atoms with Crippen molar-refractivity contribution in [2.45, 2.75) is 18.9 Å². The average molecular weight is 140 g/mol. The highest BCUT2D eigenvalue weighted by molar-refractivity contribution is 4.89. The number of rotatable bonds is 1. The molecule has 0 aromatic carbocycles. The van der Waals surface area contributed by atoms with Crippen LogP contribution in [0.2, 0.25) is 0 Å². The van der Waals surface area contributed by atoms with Gasteiger partial charge in [0.1, 0.15) is 0 Å². The minimum absolute atomic E-state index is 0.794. The van der Waals surface area contributed by atoms with Crippen LogP contribution in [-0.4, -0.2) is 37.6 Å². The first-order chi connectivity index (χ1) is 4.90. The van der Waals surface area contributed by atoms with Gasteiger partial charge >= 0.3 is 0 Å². The Labute approximate surface area is 62.6 Å². The summed E-state index contributed by atoms with van der Waals surface area (Å²) >= 11 is 0. The van der Waals surface area contributed by atoms with Gasteiger partial charge in [-0.3, -0.25) is 0 Å². The van der Waals surface area contributed by atoms with E-state index in [1.165, 1.54) is 32.5 Å². The molecule has 0 spiro atoms. The SMILES string of the molecule is CN[C@@H]1CN2CCC1CC2. The van der Waals surface area contributed by atoms with Crippen molar-refractivity contribution in [3.8, 4) is 0 Å². The highest BCUT2D eigenvalue weighted by Gasteiger charge is 2.32. The van der Waals surface area contributed by atoms with Gasteiger partial charge in [0.2, 0.25) is 0 Å². The van der Waals surface area contributed by atoms with E-state index < -0.39 is 0 Å². The van der Waals surface area contributed by atoms with Gasteiger partial charge in [-0.25, -0.2) is 0 Å². The van der Waals surface area contributed by atoms with Crippen LogP contribution in [-0.2, 0) is 0 Å². The van der Waals surface area contributed by atoms with E-state index in [9.17, 15) is 0 Å². The Balaban J connectivity index is 2.01. The largest absolute Gasteiger partial charge is 0.315 e. The minimum atomic E-state index is 0.794. The van der Waals surface area contributed by atoms with Crippen molar-refractivity contribution < 1.29 is 0 Å². The van der Waals surface area contributed by atoms with Gasteiger partial charge in [0, 0.05) is 12.6 Å². The van der Waals surface area contributed by atoms with Crippen molar-refractivity contribution in [1.29, 1.82) is 0 Å². The Morgan fingerprint density at radius 2 is 2.00 bits per heavy atom. The zero-order chi connectivity index (χ0) is 6.97. The molecule has 3 rings (SSSR count). The predicted octanol–water partition coefficient (Wildman–Crippen LogP) is 0.300. The number of fused-ring (bicyclic) bond motifs is 3. The maximum Gasteiger partial charge on any atom is 0.0221 e. The Kier molecular flexibility index (Phi) is 1.66. The number of likely N-dealkylation sites (N-methyl/N-ethyl adjacent to an activating group) is 1. The van der Waals surface area contributed by atoms with Gasteiger partial charge in [-0.2, -0.15) is 0 Å². The van der Waals surface area contributed by atoms with Gasteiger partial charge in [0.25, 0.3) is 0 Å². The van der Waals surface area contributed by atoms with E-state index in [-0.39, 0.29) is 0 Å². The van der Waals surface area contributed by atoms with Gasteiger partial charge in [0.15, 0.2) is 0 Å². The molecule has 3 aliphatic rings. The molecule has 2 bridgehead atoms. The van der Waals surface area contributed by atoms with Gasteiger partial charge in [-0.15, -0.1) is 0 Å². The van der Waals surface area contributed by atoms with Crippen LogP contribution in [0, 0.1) is 5.92 Å². The number of nitrogens with zero attached hydrogens (tertiary/aromatic N) is 1. The molecule has 0 unspecified atom stereocenters. The summed E-state index contributed by atoms with van der Waals surface area (Å²) in [5.74, 6) is 0.981. The van der Waals surface area contributed by atoms with Crippen molar-refractivity contribution in [1.82, 2.24) is 10.2 Å². The smallest absolute Gasteiger partial charge is 0.0221 e. The van der Waals surface area contributed by atoms with E-state index in [0.717, 1.165) is 12.0 Å². The van der Waals surface area contributed by atoms with E-state index in [2.05, 4.69) is 17.3 Å². The molecule has 3 heterocycles. The third-order valence-electron chi connectivity index (χ3n) is 3.03. The zero-order valence-electron chi connectivity index (χ0n) is 6.64. The molecule has 58 valence electrons. The molecule has 2 heteroatoms. The fourth-order valence-corrected chi connectivity index (χ4v) is 2.29. The predicted molar refractivity (Wildman–Crippen MR) is 42.0 cm³/mol. The summed E-state index contributed by atoms with van der Waals surface area (Å²) in [5.41, 5.74) is 0. The lowest BCUT2D eigenvalue weighted by molar-refractivity contribution is 0.0764. The maximum atomic E-state index is 3.39. The van der Waals surface area contributed by atoms with Crippen molar-refractivity contribution in [3.05, 3.63) is 0 Å². The fourth-order valence-electron chi connectivity index (χ4n) is 2.29. The van der Waals surface area contributed by atoms with Crippen LogP contribution in [0.5, 0.6) is 0 Å². The van der Waals surface area contributed by atoms with E-state index >= 15 is 0 Å². The van der Waals surface area contributed by atoms with Gasteiger partial charge in [-0.1, -0.05) is 0 Å². The molecule has 0 aromatic heterocycles. The molecule has 0 aromatic rings. The zero-order valence-corrected chi connectivity index (χ0v) is 6.64. The molecule has 0 saturated carbocycles. The summed E-state index contributed by atoms with van der Waals surface area (Å²) in [5, 5.41) is 3.39. The second kappa shape index (κ2) is 2.51. The molecule has 0 radical (unpaired) electrons. The molecule has 0 amide bonds. The molecule has 1 atom stereocenters. The fraction of sp³-hybridized carbons (Fsp3) is 1.00. The molecular formula is C8H16N2. The van der Waals surface area contributed by atoms with Gasteiger partial charge < -0.3 is 10.2 Å². The van der Waals surface area contributed by atoms with E-state index in [1.807, 2.05) is 0 Å². The normalized spacial score (nSPS) is 45.9. The topological polar surface area (TPSA) is 15.3 Å². The minimum Gasteiger partial charge on any atom is -0.315 e. The molecule has 3 fully saturated rings. The van der Waals surface area contributed by atoms with E-state index in [0.29, 0.717) is 0 Å². The van der Waals surface area contributed by atoms with E-state index in [1.54, 1.807) is 0 Å². The first-order valence-electron chi connectivity index (χ1n) is 4.30. The Morgan fingerprint density at radius 1 is 1.30 bits per heavy atom. The summed E-state index contributed by atoms with van der Waals surface area (Å²) in [6.07, 6.45) is 2.84. The monoisotopic (exact) mass is 140 g/mol. The Hall–Kier alpha value is -0.0800. The van der Waals surface area contributed by atoms with Crippen molar-refractivity contribution in [2.75, 3.05) is 26.7 Å². The number of hydrogen-bond acceptors (Lipinski definition) is 2. The highest BCUT2D eigenvalue weighted by atomic mass is 15.2. The van der Waals surface area contributed by atoms with E-state index in [4.69, 9.17) is 0 Å². The average Bonchev–Trinajstić information content (AvgIpc) is 2.06. The van der Waals surface area contributed by atoms with Crippen molar-refractivity contribution in [3.63, 3.8) is 0 Å². The van der Waals surface area contributed by atoms with Crippen LogP contribution in [0.4, 0.5) is 0 Å². The van der Waals surface area contributed by atoms with Crippen LogP contribution >= 0.6 is 0 Å². The number of nitrogens with one attached hydrogen (secondary N) is 1. The molecule has 0 aliphatic carbocycles. The molecule has 3 saturated heterocycles. The summed E-state index contributed by atoms with van der Waals surface area (Å²) in [6, 6.07) is 0.794. The first kappa shape index (κ1) is 6.62. The lowest BCUT2D eigenvalue weighted by Gasteiger charge is -2.44. The summed E-state index contributed by atoms with van der Waals surface area (Å²) in [7, 11) is 2.09. The third-order valence-corrected chi connectivity index (χ3v) is 3.03. The van der Waals surface area contributed by atoms with Gasteiger partial charge in [0.05, 0.1) is 0 Å².